The number of aliphatic hydroxyl groups is 2. The Balaban J connectivity index is 1.46. The summed E-state index contributed by atoms with van der Waals surface area (Å²) in [5, 5.41) is 31.2. The Morgan fingerprint density at radius 3 is 2.37 bits per heavy atom. The Hall–Kier alpha value is -2.69. The van der Waals surface area contributed by atoms with Crippen LogP contribution in [0.2, 0.25) is 0 Å². The van der Waals surface area contributed by atoms with Crippen molar-refractivity contribution in [1.29, 1.82) is 0 Å². The molecule has 2 fully saturated rings. The molecule has 2 saturated heterocycles. The minimum Gasteiger partial charge on any atom is -0.481 e. The Kier molecular flexibility index (Phi) is 6.23. The van der Waals surface area contributed by atoms with Gasteiger partial charge in [0.1, 0.15) is 17.3 Å². The van der Waals surface area contributed by atoms with E-state index in [1.165, 1.54) is 12.1 Å². The highest BCUT2D eigenvalue weighted by molar-refractivity contribution is 8.31. The molecular weight excluding hydrogens is 473 g/mol. The molecule has 0 saturated carbocycles. The van der Waals surface area contributed by atoms with E-state index < -0.39 is 22.0 Å². The number of carboxylic acids is 1. The lowest BCUT2D eigenvalue weighted by molar-refractivity contribution is -0.166. The van der Waals surface area contributed by atoms with E-state index in [0.29, 0.717) is 33.4 Å². The smallest absolute Gasteiger partial charge is 0.307 e. The highest BCUT2D eigenvalue weighted by Crippen LogP contribution is 2.62. The Bertz CT molecular complexity index is 1270. The fourth-order valence-corrected chi connectivity index (χ4v) is 7.57. The third kappa shape index (κ3) is 4.17. The zero-order chi connectivity index (χ0) is 24.8. The van der Waals surface area contributed by atoms with E-state index in [9.17, 15) is 24.5 Å². The van der Waals surface area contributed by atoms with Gasteiger partial charge in [0.15, 0.2) is 0 Å². The van der Waals surface area contributed by atoms with Crippen molar-refractivity contribution in [3.63, 3.8) is 0 Å². The van der Waals surface area contributed by atoms with E-state index in [4.69, 9.17) is 9.47 Å². The molecule has 2 heterocycles. The maximum Gasteiger partial charge on any atom is 0.307 e. The van der Waals surface area contributed by atoms with Gasteiger partial charge in [-0.05, 0) is 59.8 Å². The quantitative estimate of drug-likeness (QED) is 0.429. The van der Waals surface area contributed by atoms with Gasteiger partial charge in [0, 0.05) is 28.8 Å². The summed E-state index contributed by atoms with van der Waals surface area (Å²) >= 11 is 0. The van der Waals surface area contributed by atoms with Crippen LogP contribution in [-0.4, -0.2) is 63.8 Å². The van der Waals surface area contributed by atoms with E-state index in [2.05, 4.69) is 4.31 Å². The van der Waals surface area contributed by atoms with Gasteiger partial charge in [-0.15, -0.1) is 10.2 Å². The van der Waals surface area contributed by atoms with Crippen LogP contribution < -0.4 is 4.74 Å². The maximum atomic E-state index is 14.1. The van der Waals surface area contributed by atoms with Crippen LogP contribution in [0.25, 0.3) is 10.8 Å². The van der Waals surface area contributed by atoms with Gasteiger partial charge in [-0.1, -0.05) is 12.1 Å². The van der Waals surface area contributed by atoms with Gasteiger partial charge in [-0.3, -0.25) is 9.10 Å². The highest BCUT2D eigenvalue weighted by Gasteiger charge is 2.54. The lowest BCUT2D eigenvalue weighted by Crippen LogP contribution is -2.66. The van der Waals surface area contributed by atoms with Crippen molar-refractivity contribution in [2.45, 2.75) is 18.2 Å². The van der Waals surface area contributed by atoms with Crippen LogP contribution in [0, 0.1) is 18.2 Å². The van der Waals surface area contributed by atoms with Crippen LogP contribution in [0.15, 0.2) is 53.4 Å². The van der Waals surface area contributed by atoms with Gasteiger partial charge in [-0.25, -0.2) is 4.39 Å². The van der Waals surface area contributed by atoms with Crippen molar-refractivity contribution < 1.29 is 34.0 Å². The number of aliphatic carboxylic acids is 1. The van der Waals surface area contributed by atoms with E-state index in [1.54, 1.807) is 31.2 Å². The SMILES string of the molecule is Cc1c(CC(=O)O)cc2ccc(F)cc2c1Oc1ccc(S(CO)(CO)N2CC3(COC3)C2)cc1. The molecule has 1 spiro atoms. The van der Waals surface area contributed by atoms with Crippen molar-refractivity contribution in [3.05, 3.63) is 65.5 Å². The number of hydrogen-bond donors (Lipinski definition) is 3. The summed E-state index contributed by atoms with van der Waals surface area (Å²) in [6, 6.07) is 13.3. The molecule has 7 nitrogen and oxygen atoms in total. The lowest BCUT2D eigenvalue weighted by Gasteiger charge is -2.62. The first kappa shape index (κ1) is 24.0. The number of benzene rings is 3. The minimum atomic E-state index is -1.98. The third-order valence-corrected chi connectivity index (χ3v) is 10.2. The number of carbonyl (C=O) groups is 1. The number of halogens is 1. The molecule has 0 unspecified atom stereocenters. The average molecular weight is 502 g/mol. The van der Waals surface area contributed by atoms with Gasteiger partial charge in [0.25, 0.3) is 0 Å². The minimum absolute atomic E-state index is 0.152. The Morgan fingerprint density at radius 2 is 1.80 bits per heavy atom. The maximum absolute atomic E-state index is 14.1. The number of rotatable bonds is 8. The molecule has 3 aromatic carbocycles. The van der Waals surface area contributed by atoms with Crippen molar-refractivity contribution in [3.8, 4) is 11.5 Å². The summed E-state index contributed by atoms with van der Waals surface area (Å²) in [6.45, 7) is 4.78. The molecule has 0 radical (unpaired) electrons. The highest BCUT2D eigenvalue weighted by atomic mass is 32.3. The van der Waals surface area contributed by atoms with E-state index in [-0.39, 0.29) is 23.7 Å². The fourth-order valence-electron chi connectivity index (χ4n) is 4.88. The largest absolute Gasteiger partial charge is 0.481 e. The molecule has 0 aliphatic carbocycles. The van der Waals surface area contributed by atoms with E-state index in [1.807, 2.05) is 12.1 Å². The monoisotopic (exact) mass is 501 g/mol. The molecule has 186 valence electrons. The molecule has 9 heteroatoms. The second-order valence-electron chi connectivity index (χ2n) is 9.39. The summed E-state index contributed by atoms with van der Waals surface area (Å²) in [6.07, 6.45) is -0.171. The first-order valence-electron chi connectivity index (χ1n) is 11.3. The second-order valence-corrected chi connectivity index (χ2v) is 12.6. The molecule has 0 bridgehead atoms. The number of fused-ring (bicyclic) bond motifs is 1. The predicted molar refractivity (Wildman–Crippen MR) is 131 cm³/mol. The molecule has 0 amide bonds. The summed E-state index contributed by atoms with van der Waals surface area (Å²) in [5.74, 6) is -0.776. The molecular formula is C26H28FNO6S. The number of carboxylic acid groups (broad SMARTS) is 1. The third-order valence-electron chi connectivity index (χ3n) is 7.00. The summed E-state index contributed by atoms with van der Waals surface area (Å²) in [4.78, 5) is 12.2. The second kappa shape index (κ2) is 9.07. The molecule has 0 aromatic heterocycles. The van der Waals surface area contributed by atoms with Crippen molar-refractivity contribution >= 4 is 27.0 Å². The van der Waals surface area contributed by atoms with E-state index >= 15 is 0 Å². The number of hydrogen-bond acceptors (Lipinski definition) is 6. The fraction of sp³-hybridized carbons (Fsp3) is 0.346. The first-order chi connectivity index (χ1) is 16.8. The van der Waals surface area contributed by atoms with Gasteiger partial charge in [-0.2, -0.15) is 0 Å². The van der Waals surface area contributed by atoms with Crippen LogP contribution in [0.5, 0.6) is 11.5 Å². The number of nitrogens with zero attached hydrogens (tertiary/aromatic N) is 1. The van der Waals surface area contributed by atoms with Gasteiger partial charge in [0.05, 0.1) is 31.5 Å². The summed E-state index contributed by atoms with van der Waals surface area (Å²) in [5.41, 5.74) is 1.38. The Labute approximate surface area is 204 Å². The molecule has 3 aromatic rings. The summed E-state index contributed by atoms with van der Waals surface area (Å²) in [7, 11) is -1.98. The van der Waals surface area contributed by atoms with Crippen molar-refractivity contribution in [2.24, 2.45) is 5.41 Å². The number of aliphatic hydroxyl groups excluding tert-OH is 2. The average Bonchev–Trinajstić information content (AvgIpc) is 2.78. The molecule has 5 rings (SSSR count). The topological polar surface area (TPSA) is 99.5 Å². The molecule has 2 aliphatic rings. The molecule has 35 heavy (non-hydrogen) atoms. The van der Waals surface area contributed by atoms with Crippen LogP contribution in [0.3, 0.4) is 0 Å². The number of ether oxygens (including phenoxy) is 2. The van der Waals surface area contributed by atoms with Gasteiger partial charge in [0.2, 0.25) is 0 Å². The molecule has 2 aliphatic heterocycles. The van der Waals surface area contributed by atoms with Crippen molar-refractivity contribution in [2.75, 3.05) is 38.2 Å². The van der Waals surface area contributed by atoms with Crippen LogP contribution in [-0.2, 0) is 16.0 Å². The van der Waals surface area contributed by atoms with E-state index in [0.717, 1.165) is 31.2 Å². The van der Waals surface area contributed by atoms with Gasteiger partial charge >= 0.3 is 5.97 Å². The van der Waals surface area contributed by atoms with Crippen LogP contribution >= 0.6 is 10.2 Å². The van der Waals surface area contributed by atoms with Gasteiger partial charge < -0.3 is 24.8 Å². The lowest BCUT2D eigenvalue weighted by atomic mass is 9.80. The van der Waals surface area contributed by atoms with Crippen LogP contribution in [0.4, 0.5) is 4.39 Å². The Morgan fingerprint density at radius 1 is 1.11 bits per heavy atom. The summed E-state index contributed by atoms with van der Waals surface area (Å²) < 4.78 is 27.8. The first-order valence-corrected chi connectivity index (χ1v) is 13.3. The molecule has 3 N–H and O–H groups in total. The van der Waals surface area contributed by atoms with Crippen LogP contribution in [0.1, 0.15) is 11.1 Å². The van der Waals surface area contributed by atoms with Crippen molar-refractivity contribution in [1.82, 2.24) is 4.31 Å². The standard InChI is InChI=1S/C26H28FNO6S/c1-17-19(9-24(31)32)8-18-2-3-20(27)10-23(18)25(17)34-21-4-6-22(7-5-21)35(15-29,16-30)28-11-26(12-28)13-33-14-26/h2-8,10,29-30H,9,11-16H2,1H3,(H,31,32). The molecule has 0 atom stereocenters. The normalized spacial score (nSPS) is 17.7. The zero-order valence-corrected chi connectivity index (χ0v) is 20.2. The zero-order valence-electron chi connectivity index (χ0n) is 19.4. The predicted octanol–water partition coefficient (Wildman–Crippen LogP) is 4.02.